The number of hydrogen-bond donors (Lipinski definition) is 1. The van der Waals surface area contributed by atoms with Crippen molar-refractivity contribution in [1.82, 2.24) is 4.37 Å². The van der Waals surface area contributed by atoms with Gasteiger partial charge in [0.2, 0.25) is 0 Å². The molecule has 0 fully saturated rings. The Hall–Kier alpha value is -0.670. The lowest BCUT2D eigenvalue weighted by molar-refractivity contribution is 0.467. The second-order valence-electron chi connectivity index (χ2n) is 3.38. The quantitative estimate of drug-likeness (QED) is 0.671. The van der Waals surface area contributed by atoms with Gasteiger partial charge in [0.15, 0.2) is 0 Å². The van der Waals surface area contributed by atoms with Crippen molar-refractivity contribution >= 4 is 11.5 Å². The molecule has 2 rings (SSSR count). The van der Waals surface area contributed by atoms with Crippen LogP contribution in [0.4, 0.5) is 0 Å². The summed E-state index contributed by atoms with van der Waals surface area (Å²) in [4.78, 5) is 0. The maximum Gasteiger partial charge on any atom is 0.0776 e. The fourth-order valence-corrected chi connectivity index (χ4v) is 2.39. The molecule has 3 heteroatoms. The minimum atomic E-state index is -0.204. The topological polar surface area (TPSA) is 38.9 Å². The van der Waals surface area contributed by atoms with Crippen LogP contribution in [0.2, 0.25) is 0 Å². The Balaban J connectivity index is 2.36. The number of nitrogens with two attached hydrogens (primary N) is 1. The molecule has 0 spiro atoms. The van der Waals surface area contributed by atoms with Crippen LogP contribution < -0.4 is 5.73 Å². The van der Waals surface area contributed by atoms with Crippen LogP contribution in [0.15, 0.2) is 17.5 Å². The number of nitrogens with zero attached hydrogens (tertiary/aromatic N) is 1. The van der Waals surface area contributed by atoms with Gasteiger partial charge < -0.3 is 5.73 Å². The van der Waals surface area contributed by atoms with Gasteiger partial charge in [0.25, 0.3) is 0 Å². The van der Waals surface area contributed by atoms with Gasteiger partial charge in [0.1, 0.15) is 0 Å². The lowest BCUT2D eigenvalue weighted by Gasteiger charge is -2.21. The van der Waals surface area contributed by atoms with Crippen molar-refractivity contribution < 1.29 is 0 Å². The van der Waals surface area contributed by atoms with Crippen molar-refractivity contribution in [3.05, 3.63) is 28.8 Å². The Morgan fingerprint density at radius 3 is 2.67 bits per heavy atom. The van der Waals surface area contributed by atoms with Gasteiger partial charge in [-0.15, -0.1) is 0 Å². The molecule has 2 nitrogen and oxygen atoms in total. The van der Waals surface area contributed by atoms with E-state index in [0.717, 1.165) is 18.5 Å². The van der Waals surface area contributed by atoms with Crippen molar-refractivity contribution in [3.63, 3.8) is 0 Å². The van der Waals surface area contributed by atoms with E-state index in [1.54, 1.807) is 0 Å². The summed E-state index contributed by atoms with van der Waals surface area (Å²) in [5, 5.41) is 2.06. The standard InChI is InChI=1S/C9H12N2S/c1-7-6-12-11-8(7)9(10)4-2-3-5-9/h2-3,6H,4-5,10H2,1H3. The second-order valence-corrected chi connectivity index (χ2v) is 4.01. The number of aryl methyl sites for hydroxylation is 1. The van der Waals surface area contributed by atoms with Gasteiger partial charge in [-0.2, -0.15) is 4.37 Å². The van der Waals surface area contributed by atoms with Crippen LogP contribution in [-0.4, -0.2) is 4.37 Å². The molecule has 12 heavy (non-hydrogen) atoms. The molecule has 64 valence electrons. The molecule has 0 saturated carbocycles. The van der Waals surface area contributed by atoms with Crippen LogP contribution in [0, 0.1) is 6.92 Å². The summed E-state index contributed by atoms with van der Waals surface area (Å²) in [6, 6.07) is 0. The van der Waals surface area contributed by atoms with Crippen molar-refractivity contribution in [2.45, 2.75) is 25.3 Å². The fourth-order valence-electron chi connectivity index (χ4n) is 1.63. The van der Waals surface area contributed by atoms with Crippen LogP contribution in [0.5, 0.6) is 0 Å². The Labute approximate surface area is 76.3 Å². The van der Waals surface area contributed by atoms with Gasteiger partial charge in [-0.1, -0.05) is 12.2 Å². The van der Waals surface area contributed by atoms with Gasteiger partial charge in [-0.25, -0.2) is 0 Å². The summed E-state index contributed by atoms with van der Waals surface area (Å²) in [5.41, 5.74) is 8.31. The highest BCUT2D eigenvalue weighted by Crippen LogP contribution is 2.33. The highest BCUT2D eigenvalue weighted by atomic mass is 32.1. The number of rotatable bonds is 1. The third kappa shape index (κ3) is 1.09. The molecule has 1 aliphatic rings. The molecule has 0 radical (unpaired) electrons. The first kappa shape index (κ1) is 7.95. The fraction of sp³-hybridized carbons (Fsp3) is 0.444. The highest BCUT2D eigenvalue weighted by Gasteiger charge is 2.31. The molecule has 1 aromatic rings. The van der Waals surface area contributed by atoms with E-state index in [1.807, 2.05) is 0 Å². The lowest BCUT2D eigenvalue weighted by atomic mass is 9.92. The molecular formula is C9H12N2S. The van der Waals surface area contributed by atoms with E-state index in [9.17, 15) is 0 Å². The minimum absolute atomic E-state index is 0.204. The molecular weight excluding hydrogens is 168 g/mol. The monoisotopic (exact) mass is 180 g/mol. The zero-order valence-electron chi connectivity index (χ0n) is 7.08. The maximum atomic E-state index is 6.21. The third-order valence-corrected chi connectivity index (χ3v) is 3.10. The molecule has 1 aliphatic carbocycles. The Morgan fingerprint density at radius 2 is 2.17 bits per heavy atom. The van der Waals surface area contributed by atoms with Crippen molar-refractivity contribution in [1.29, 1.82) is 0 Å². The van der Waals surface area contributed by atoms with Crippen LogP contribution in [-0.2, 0) is 5.54 Å². The van der Waals surface area contributed by atoms with E-state index < -0.39 is 0 Å². The van der Waals surface area contributed by atoms with Crippen molar-refractivity contribution in [2.24, 2.45) is 5.73 Å². The van der Waals surface area contributed by atoms with E-state index >= 15 is 0 Å². The van der Waals surface area contributed by atoms with E-state index in [2.05, 4.69) is 28.8 Å². The Morgan fingerprint density at radius 1 is 1.50 bits per heavy atom. The summed E-state index contributed by atoms with van der Waals surface area (Å²) in [6.45, 7) is 2.08. The van der Waals surface area contributed by atoms with Crippen molar-refractivity contribution in [3.8, 4) is 0 Å². The van der Waals surface area contributed by atoms with Gasteiger partial charge in [-0.05, 0) is 36.9 Å². The highest BCUT2D eigenvalue weighted by molar-refractivity contribution is 7.03. The first-order chi connectivity index (χ1) is 5.72. The predicted molar refractivity (Wildman–Crippen MR) is 51.1 cm³/mol. The molecule has 0 aliphatic heterocycles. The van der Waals surface area contributed by atoms with Gasteiger partial charge in [0, 0.05) is 5.38 Å². The van der Waals surface area contributed by atoms with E-state index in [0.29, 0.717) is 0 Å². The van der Waals surface area contributed by atoms with Crippen LogP contribution in [0.3, 0.4) is 0 Å². The smallest absolute Gasteiger partial charge is 0.0776 e. The SMILES string of the molecule is Cc1csnc1C1(N)CC=CC1. The molecule has 0 saturated heterocycles. The zero-order chi connectivity index (χ0) is 8.60. The van der Waals surface area contributed by atoms with E-state index in [4.69, 9.17) is 5.73 Å². The largest absolute Gasteiger partial charge is 0.320 e. The molecule has 0 unspecified atom stereocenters. The summed E-state index contributed by atoms with van der Waals surface area (Å²) >= 11 is 1.49. The molecule has 0 bridgehead atoms. The second kappa shape index (κ2) is 2.68. The summed E-state index contributed by atoms with van der Waals surface area (Å²) in [6.07, 6.45) is 6.13. The van der Waals surface area contributed by atoms with Crippen LogP contribution in [0.1, 0.15) is 24.1 Å². The predicted octanol–water partition coefficient (Wildman–Crippen LogP) is 1.96. The van der Waals surface area contributed by atoms with Crippen molar-refractivity contribution in [2.75, 3.05) is 0 Å². The Bertz CT molecular complexity index is 306. The summed E-state index contributed by atoms with van der Waals surface area (Å²) < 4.78 is 4.35. The summed E-state index contributed by atoms with van der Waals surface area (Å²) in [5.74, 6) is 0. The van der Waals surface area contributed by atoms with E-state index in [1.165, 1.54) is 17.1 Å². The molecule has 0 atom stereocenters. The molecule has 2 N–H and O–H groups in total. The van der Waals surface area contributed by atoms with Crippen LogP contribution in [0.25, 0.3) is 0 Å². The first-order valence-corrected chi connectivity index (χ1v) is 4.91. The molecule has 0 aromatic carbocycles. The van der Waals surface area contributed by atoms with Gasteiger partial charge >= 0.3 is 0 Å². The van der Waals surface area contributed by atoms with Crippen LogP contribution >= 0.6 is 11.5 Å². The molecule has 1 heterocycles. The average Bonchev–Trinajstić information content (AvgIpc) is 2.59. The molecule has 1 aromatic heterocycles. The molecule has 0 amide bonds. The summed E-state index contributed by atoms with van der Waals surface area (Å²) in [7, 11) is 0. The number of hydrogen-bond acceptors (Lipinski definition) is 3. The van der Waals surface area contributed by atoms with Gasteiger partial charge in [-0.3, -0.25) is 0 Å². The van der Waals surface area contributed by atoms with E-state index in [-0.39, 0.29) is 5.54 Å². The minimum Gasteiger partial charge on any atom is -0.320 e. The lowest BCUT2D eigenvalue weighted by Crippen LogP contribution is -2.34. The number of aromatic nitrogens is 1. The van der Waals surface area contributed by atoms with Gasteiger partial charge in [0.05, 0.1) is 11.2 Å². The normalized spacial score (nSPS) is 20.2. The zero-order valence-corrected chi connectivity index (χ0v) is 7.90. The first-order valence-electron chi connectivity index (χ1n) is 4.08. The third-order valence-electron chi connectivity index (χ3n) is 2.35. The maximum absolute atomic E-state index is 6.21. The Kier molecular flexibility index (Phi) is 1.77. The average molecular weight is 180 g/mol.